The molecule has 0 saturated carbocycles. The van der Waals surface area contributed by atoms with E-state index >= 15 is 0 Å². The second-order valence-corrected chi connectivity index (χ2v) is 6.16. The number of rotatable bonds is 2. The van der Waals surface area contributed by atoms with E-state index in [0.29, 0.717) is 5.92 Å². The van der Waals surface area contributed by atoms with Gasteiger partial charge < -0.3 is 10.2 Å². The van der Waals surface area contributed by atoms with Crippen molar-refractivity contribution in [3.63, 3.8) is 0 Å². The smallest absolute Gasteiger partial charge is 0.240 e. The number of hydrogen-bond donors (Lipinski definition) is 1. The van der Waals surface area contributed by atoms with Gasteiger partial charge in [-0.2, -0.15) is 0 Å². The predicted octanol–water partition coefficient (Wildman–Crippen LogP) is 1.84. The van der Waals surface area contributed by atoms with E-state index in [1.165, 1.54) is 11.3 Å². The number of carbonyl (C=O) groups excluding carboxylic acids is 1. The Morgan fingerprint density at radius 3 is 3.00 bits per heavy atom. The van der Waals surface area contributed by atoms with Gasteiger partial charge in [0, 0.05) is 30.9 Å². The lowest BCUT2D eigenvalue weighted by Crippen LogP contribution is -2.45. The molecule has 20 heavy (non-hydrogen) atoms. The van der Waals surface area contributed by atoms with Crippen LogP contribution in [0, 0.1) is 0 Å². The van der Waals surface area contributed by atoms with E-state index in [9.17, 15) is 4.79 Å². The topological polar surface area (TPSA) is 45.2 Å². The maximum absolute atomic E-state index is 12.4. The van der Waals surface area contributed by atoms with E-state index in [2.05, 4.69) is 31.3 Å². The van der Waals surface area contributed by atoms with E-state index in [0.717, 1.165) is 44.6 Å². The summed E-state index contributed by atoms with van der Waals surface area (Å²) in [7, 11) is 0. The van der Waals surface area contributed by atoms with E-state index in [-0.39, 0.29) is 11.9 Å². The molecule has 3 heterocycles. The molecule has 108 valence electrons. The Morgan fingerprint density at radius 1 is 1.45 bits per heavy atom. The lowest BCUT2D eigenvalue weighted by atomic mass is 10.0. The van der Waals surface area contributed by atoms with Crippen LogP contribution in [-0.4, -0.2) is 34.9 Å². The highest BCUT2D eigenvalue weighted by Crippen LogP contribution is 2.22. The van der Waals surface area contributed by atoms with Crippen molar-refractivity contribution >= 4 is 5.91 Å². The summed E-state index contributed by atoms with van der Waals surface area (Å²) in [6, 6.07) is 4.30. The third-order valence-electron chi connectivity index (χ3n) is 4.33. The van der Waals surface area contributed by atoms with Crippen molar-refractivity contribution in [2.24, 2.45) is 0 Å². The van der Waals surface area contributed by atoms with Gasteiger partial charge in [0.2, 0.25) is 5.91 Å². The van der Waals surface area contributed by atoms with Gasteiger partial charge >= 0.3 is 0 Å². The second-order valence-electron chi connectivity index (χ2n) is 6.16. The molecule has 0 unspecified atom stereocenters. The Hall–Kier alpha value is -1.42. The molecule has 1 aromatic rings. The van der Waals surface area contributed by atoms with Crippen LogP contribution >= 0.6 is 0 Å². The van der Waals surface area contributed by atoms with Crippen molar-refractivity contribution in [3.05, 3.63) is 29.1 Å². The molecular weight excluding hydrogens is 250 g/mol. The molecule has 0 aromatic carbocycles. The van der Waals surface area contributed by atoms with Gasteiger partial charge in [-0.25, -0.2) is 0 Å². The fourth-order valence-corrected chi connectivity index (χ4v) is 3.06. The number of carbonyl (C=O) groups is 1. The predicted molar refractivity (Wildman–Crippen MR) is 78.5 cm³/mol. The fraction of sp³-hybridized carbons (Fsp3) is 0.625. The Labute approximate surface area is 120 Å². The molecule has 0 aliphatic carbocycles. The average Bonchev–Trinajstić information content (AvgIpc) is 2.99. The van der Waals surface area contributed by atoms with Gasteiger partial charge in [-0.3, -0.25) is 9.78 Å². The molecule has 1 amide bonds. The zero-order valence-corrected chi connectivity index (χ0v) is 12.4. The van der Waals surface area contributed by atoms with Gasteiger partial charge in [0.15, 0.2) is 0 Å². The number of amides is 1. The molecule has 2 aliphatic rings. The molecule has 1 aromatic heterocycles. The molecular formula is C16H23N3O. The van der Waals surface area contributed by atoms with Crippen LogP contribution in [0.3, 0.4) is 0 Å². The highest BCUT2D eigenvalue weighted by molar-refractivity contribution is 5.82. The normalized spacial score (nSPS) is 22.1. The van der Waals surface area contributed by atoms with Crippen LogP contribution in [0.5, 0.6) is 0 Å². The molecule has 4 heteroatoms. The van der Waals surface area contributed by atoms with Gasteiger partial charge in [-0.05, 0) is 36.9 Å². The quantitative estimate of drug-likeness (QED) is 0.894. The number of fused-ring (bicyclic) bond motifs is 1. The summed E-state index contributed by atoms with van der Waals surface area (Å²) in [6.07, 6.45) is 2.97. The molecule has 0 radical (unpaired) electrons. The molecule has 1 fully saturated rings. The minimum atomic E-state index is 0.0412. The summed E-state index contributed by atoms with van der Waals surface area (Å²) in [4.78, 5) is 19.2. The summed E-state index contributed by atoms with van der Waals surface area (Å²) in [5.74, 6) is 0.726. The van der Waals surface area contributed by atoms with Crippen molar-refractivity contribution < 1.29 is 4.79 Å². The summed E-state index contributed by atoms with van der Waals surface area (Å²) in [5.41, 5.74) is 3.55. The number of aromatic nitrogens is 1. The van der Waals surface area contributed by atoms with E-state index in [1.807, 2.05) is 4.90 Å². The van der Waals surface area contributed by atoms with Gasteiger partial charge in [0.1, 0.15) is 0 Å². The molecule has 0 spiro atoms. The first-order chi connectivity index (χ1) is 9.65. The zero-order chi connectivity index (χ0) is 14.1. The van der Waals surface area contributed by atoms with Crippen molar-refractivity contribution in [2.75, 3.05) is 13.1 Å². The highest BCUT2D eigenvalue weighted by atomic mass is 16.2. The largest absolute Gasteiger partial charge is 0.337 e. The van der Waals surface area contributed by atoms with Gasteiger partial charge in [0.05, 0.1) is 6.04 Å². The zero-order valence-electron chi connectivity index (χ0n) is 12.4. The summed E-state index contributed by atoms with van der Waals surface area (Å²) in [5, 5.41) is 3.29. The Bertz CT molecular complexity index is 506. The van der Waals surface area contributed by atoms with Gasteiger partial charge in [-0.1, -0.05) is 19.9 Å². The molecule has 1 atom stereocenters. The van der Waals surface area contributed by atoms with Crippen molar-refractivity contribution in [1.29, 1.82) is 0 Å². The molecule has 4 nitrogen and oxygen atoms in total. The lowest BCUT2D eigenvalue weighted by molar-refractivity contribution is -0.134. The first kappa shape index (κ1) is 13.6. The third kappa shape index (κ3) is 2.57. The Kier molecular flexibility index (Phi) is 3.74. The van der Waals surface area contributed by atoms with Gasteiger partial charge in [-0.15, -0.1) is 0 Å². The van der Waals surface area contributed by atoms with Crippen LogP contribution in [0.15, 0.2) is 12.1 Å². The summed E-state index contributed by atoms with van der Waals surface area (Å²) >= 11 is 0. The maximum Gasteiger partial charge on any atom is 0.240 e. The van der Waals surface area contributed by atoms with Gasteiger partial charge in [0.25, 0.3) is 0 Å². The molecule has 1 N–H and O–H groups in total. The number of hydrogen-bond acceptors (Lipinski definition) is 3. The summed E-state index contributed by atoms with van der Waals surface area (Å²) in [6.45, 7) is 6.83. The number of nitrogens with zero attached hydrogens (tertiary/aromatic N) is 2. The van der Waals surface area contributed by atoms with Crippen molar-refractivity contribution in [1.82, 2.24) is 15.2 Å². The van der Waals surface area contributed by atoms with Crippen LogP contribution in [-0.2, 0) is 17.8 Å². The van der Waals surface area contributed by atoms with Crippen LogP contribution in [0.1, 0.15) is 49.6 Å². The van der Waals surface area contributed by atoms with E-state index < -0.39 is 0 Å². The van der Waals surface area contributed by atoms with Crippen molar-refractivity contribution in [3.8, 4) is 0 Å². The summed E-state index contributed by atoms with van der Waals surface area (Å²) < 4.78 is 0. The average molecular weight is 273 g/mol. The second kappa shape index (κ2) is 5.52. The first-order valence-electron chi connectivity index (χ1n) is 7.66. The third-order valence-corrected chi connectivity index (χ3v) is 4.33. The van der Waals surface area contributed by atoms with Crippen molar-refractivity contribution in [2.45, 2.75) is 51.6 Å². The molecule has 0 bridgehead atoms. The van der Waals surface area contributed by atoms with Crippen LogP contribution in [0.4, 0.5) is 0 Å². The van der Waals surface area contributed by atoms with Crippen LogP contribution < -0.4 is 5.32 Å². The maximum atomic E-state index is 12.4. The fourth-order valence-electron chi connectivity index (χ4n) is 3.06. The highest BCUT2D eigenvalue weighted by Gasteiger charge is 2.29. The Morgan fingerprint density at radius 2 is 2.30 bits per heavy atom. The molecule has 3 rings (SSSR count). The first-order valence-corrected chi connectivity index (χ1v) is 7.66. The van der Waals surface area contributed by atoms with Crippen LogP contribution in [0.2, 0.25) is 0 Å². The molecule has 1 saturated heterocycles. The standard InChI is InChI=1S/C16H23N3O/c1-11(2)13-6-5-12-10-19(9-7-14(12)18-13)16(20)15-4-3-8-17-15/h5-6,11,15,17H,3-4,7-10H2,1-2H3/t15-/m1/s1. The number of nitrogens with one attached hydrogen (secondary N) is 1. The monoisotopic (exact) mass is 273 g/mol. The number of pyridine rings is 1. The van der Waals surface area contributed by atoms with E-state index in [4.69, 9.17) is 4.98 Å². The minimum absolute atomic E-state index is 0.0412. The molecule has 2 aliphatic heterocycles. The lowest BCUT2D eigenvalue weighted by Gasteiger charge is -2.30. The van der Waals surface area contributed by atoms with Crippen LogP contribution in [0.25, 0.3) is 0 Å². The Balaban J connectivity index is 1.73. The SMILES string of the molecule is CC(C)c1ccc2c(n1)CCN(C(=O)[C@H]1CCCN1)C2. The minimum Gasteiger partial charge on any atom is -0.337 e. The van der Waals surface area contributed by atoms with E-state index in [1.54, 1.807) is 0 Å².